The third-order valence-electron chi connectivity index (χ3n) is 8.60. The molecule has 0 aliphatic carbocycles. The van der Waals surface area contributed by atoms with E-state index in [4.69, 9.17) is 5.73 Å². The molecule has 0 amide bonds. The highest BCUT2D eigenvalue weighted by molar-refractivity contribution is 5.74. The summed E-state index contributed by atoms with van der Waals surface area (Å²) in [6, 6.07) is 14.0. The molecule has 3 aliphatic rings. The van der Waals surface area contributed by atoms with Gasteiger partial charge >= 0.3 is 0 Å². The van der Waals surface area contributed by atoms with E-state index in [1.807, 2.05) is 36.8 Å². The first-order valence-corrected chi connectivity index (χ1v) is 14.2. The highest BCUT2D eigenvalue weighted by Gasteiger charge is 2.45. The molecule has 3 N–H and O–H groups in total. The number of pyridine rings is 1. The predicted octanol–water partition coefficient (Wildman–Crippen LogP) is 2.99. The summed E-state index contributed by atoms with van der Waals surface area (Å²) >= 11 is 0. The molecule has 3 aliphatic heterocycles. The van der Waals surface area contributed by atoms with Crippen molar-refractivity contribution < 1.29 is 5.11 Å². The fourth-order valence-corrected chi connectivity index (χ4v) is 6.54. The molecule has 3 unspecified atom stereocenters. The Morgan fingerprint density at radius 1 is 1.05 bits per heavy atom. The topological polar surface area (TPSA) is 112 Å². The summed E-state index contributed by atoms with van der Waals surface area (Å²) in [6.45, 7) is 7.43. The zero-order valence-corrected chi connectivity index (χ0v) is 23.1. The molecule has 7 rings (SSSR count). The summed E-state index contributed by atoms with van der Waals surface area (Å²) in [5.74, 6) is 8.84. The lowest BCUT2D eigenvalue weighted by molar-refractivity contribution is 0.243. The number of para-hydroxylation sites is 1. The smallest absolute Gasteiger partial charge is 0.169 e. The number of imidazole rings is 1. The van der Waals surface area contributed by atoms with Gasteiger partial charge in [0.15, 0.2) is 5.82 Å². The predicted molar refractivity (Wildman–Crippen MR) is 158 cm³/mol. The molecule has 6 heterocycles. The Kier molecular flexibility index (Phi) is 6.44. The van der Waals surface area contributed by atoms with Gasteiger partial charge in [-0.15, -0.1) is 10.2 Å². The lowest BCUT2D eigenvalue weighted by atomic mass is 10.0. The second-order valence-corrected chi connectivity index (χ2v) is 11.2. The van der Waals surface area contributed by atoms with Crippen molar-refractivity contribution in [2.45, 2.75) is 38.5 Å². The van der Waals surface area contributed by atoms with E-state index in [2.05, 4.69) is 70.3 Å². The van der Waals surface area contributed by atoms with Crippen LogP contribution in [0.1, 0.15) is 24.9 Å². The lowest BCUT2D eigenvalue weighted by Gasteiger charge is -2.44. The quantitative estimate of drug-likeness (QED) is 0.372. The van der Waals surface area contributed by atoms with E-state index in [0.717, 1.165) is 56.4 Å². The van der Waals surface area contributed by atoms with Gasteiger partial charge < -0.3 is 25.2 Å². The minimum Gasteiger partial charge on any atom is -0.507 e. The zero-order valence-electron chi connectivity index (χ0n) is 23.1. The van der Waals surface area contributed by atoms with Crippen molar-refractivity contribution in [3.8, 4) is 28.8 Å². The maximum atomic E-state index is 10.4. The van der Waals surface area contributed by atoms with Gasteiger partial charge in [0.1, 0.15) is 17.3 Å². The average molecular weight is 548 g/mol. The summed E-state index contributed by atoms with van der Waals surface area (Å²) in [4.78, 5) is 16.2. The number of piperazine rings is 1. The van der Waals surface area contributed by atoms with E-state index in [1.165, 1.54) is 5.69 Å². The summed E-state index contributed by atoms with van der Waals surface area (Å²) in [5.41, 5.74) is 10.4. The van der Waals surface area contributed by atoms with Gasteiger partial charge in [-0.1, -0.05) is 25.0 Å². The molecule has 2 bridgehead atoms. The standard InChI is InChI=1S/C31H33N9O/c1-21-15-24-18-39(27-17-26(35-36-31(27)32)25-6-2-3-7-29(25)41)19-28(21)40(24)23-8-9-33-22(16-23)5-4-11-37-13-14-38-12-10-34-30(38)20-37/h2-3,6-10,12,16-17,21,24,28,41H,11,13-15,18-20H2,1H3,(H2,32,36). The molecule has 3 aromatic heterocycles. The first-order valence-electron chi connectivity index (χ1n) is 14.2. The van der Waals surface area contributed by atoms with Gasteiger partial charge in [-0.3, -0.25) is 4.90 Å². The van der Waals surface area contributed by atoms with E-state index in [9.17, 15) is 5.11 Å². The Morgan fingerprint density at radius 2 is 1.95 bits per heavy atom. The summed E-state index contributed by atoms with van der Waals surface area (Å²) in [6.07, 6.45) is 6.87. The minimum atomic E-state index is 0.177. The molecule has 0 radical (unpaired) electrons. The van der Waals surface area contributed by atoms with Crippen LogP contribution in [0.4, 0.5) is 17.2 Å². The Balaban J connectivity index is 1.08. The molecule has 0 saturated carbocycles. The third-order valence-corrected chi connectivity index (χ3v) is 8.60. The van der Waals surface area contributed by atoms with Crippen molar-refractivity contribution in [2.75, 3.05) is 41.7 Å². The number of aromatic nitrogens is 5. The summed E-state index contributed by atoms with van der Waals surface area (Å²) in [5, 5.41) is 18.9. The maximum Gasteiger partial charge on any atom is 0.169 e. The molecule has 41 heavy (non-hydrogen) atoms. The van der Waals surface area contributed by atoms with Crippen molar-refractivity contribution in [3.05, 3.63) is 72.6 Å². The van der Waals surface area contributed by atoms with E-state index in [0.29, 0.717) is 41.6 Å². The fraction of sp³-hybridized carbons (Fsp3) is 0.355. The van der Waals surface area contributed by atoms with Crippen LogP contribution in [0.2, 0.25) is 0 Å². The normalized spacial score (nSPS) is 21.8. The number of benzene rings is 1. The molecule has 10 nitrogen and oxygen atoms in total. The highest BCUT2D eigenvalue weighted by atomic mass is 16.3. The van der Waals surface area contributed by atoms with Crippen molar-refractivity contribution in [1.29, 1.82) is 0 Å². The number of aromatic hydroxyl groups is 1. The minimum absolute atomic E-state index is 0.177. The molecular weight excluding hydrogens is 514 g/mol. The molecule has 3 atom stereocenters. The molecule has 0 spiro atoms. The van der Waals surface area contributed by atoms with Crippen LogP contribution in [0.15, 0.2) is 61.1 Å². The van der Waals surface area contributed by atoms with E-state index in [-0.39, 0.29) is 5.75 Å². The van der Waals surface area contributed by atoms with E-state index < -0.39 is 0 Å². The lowest BCUT2D eigenvalue weighted by Crippen LogP contribution is -2.55. The number of phenolic OH excluding ortho intramolecular Hbond substituents is 1. The number of nitrogen functional groups attached to an aromatic ring is 1. The summed E-state index contributed by atoms with van der Waals surface area (Å²) in [7, 11) is 0. The van der Waals surface area contributed by atoms with Crippen LogP contribution in [0.3, 0.4) is 0 Å². The number of anilines is 3. The summed E-state index contributed by atoms with van der Waals surface area (Å²) < 4.78 is 2.20. The molecule has 10 heteroatoms. The SMILES string of the molecule is CC1CC2CN(c3cc(-c4ccccc4O)nnc3N)CC1N2c1ccnc(C#CCN2CCn3ccnc3C2)c1. The number of nitrogens with two attached hydrogens (primary N) is 1. The van der Waals surface area contributed by atoms with Crippen LogP contribution in [-0.4, -0.2) is 73.0 Å². The number of rotatable bonds is 4. The Labute approximate surface area is 239 Å². The van der Waals surface area contributed by atoms with Crippen molar-refractivity contribution in [3.63, 3.8) is 0 Å². The van der Waals surface area contributed by atoms with Gasteiger partial charge in [-0.25, -0.2) is 9.97 Å². The van der Waals surface area contributed by atoms with Crippen LogP contribution in [0, 0.1) is 17.8 Å². The highest BCUT2D eigenvalue weighted by Crippen LogP contribution is 2.41. The van der Waals surface area contributed by atoms with Crippen molar-refractivity contribution in [2.24, 2.45) is 5.92 Å². The van der Waals surface area contributed by atoms with Crippen molar-refractivity contribution in [1.82, 2.24) is 29.6 Å². The number of fused-ring (bicyclic) bond motifs is 3. The van der Waals surface area contributed by atoms with Crippen LogP contribution in [0.5, 0.6) is 5.75 Å². The van der Waals surface area contributed by atoms with E-state index in [1.54, 1.807) is 12.1 Å². The van der Waals surface area contributed by atoms with Crippen LogP contribution in [-0.2, 0) is 13.1 Å². The monoisotopic (exact) mass is 547 g/mol. The van der Waals surface area contributed by atoms with E-state index >= 15 is 0 Å². The van der Waals surface area contributed by atoms with Gasteiger partial charge in [0.2, 0.25) is 0 Å². The Hall–Kier alpha value is -4.62. The van der Waals surface area contributed by atoms with Crippen LogP contribution in [0.25, 0.3) is 11.3 Å². The Morgan fingerprint density at radius 3 is 2.83 bits per heavy atom. The zero-order chi connectivity index (χ0) is 27.9. The number of phenols is 1. The molecule has 208 valence electrons. The van der Waals surface area contributed by atoms with Crippen LogP contribution >= 0.6 is 0 Å². The van der Waals surface area contributed by atoms with Gasteiger partial charge in [-0.05, 0) is 48.6 Å². The van der Waals surface area contributed by atoms with Crippen LogP contribution < -0.4 is 15.5 Å². The number of hydrogen-bond acceptors (Lipinski definition) is 9. The Bertz CT molecular complexity index is 1640. The first kappa shape index (κ1) is 25.4. The molecule has 2 fully saturated rings. The molecule has 4 aromatic rings. The average Bonchev–Trinajstić information content (AvgIpc) is 3.53. The largest absolute Gasteiger partial charge is 0.507 e. The van der Waals surface area contributed by atoms with Gasteiger partial charge in [-0.2, -0.15) is 0 Å². The van der Waals surface area contributed by atoms with Gasteiger partial charge in [0.05, 0.1) is 24.5 Å². The fourth-order valence-electron chi connectivity index (χ4n) is 6.54. The first-order chi connectivity index (χ1) is 20.0. The van der Waals surface area contributed by atoms with Gasteiger partial charge in [0, 0.05) is 68.1 Å². The second kappa shape index (κ2) is 10.4. The second-order valence-electron chi connectivity index (χ2n) is 11.2. The van der Waals surface area contributed by atoms with Crippen molar-refractivity contribution >= 4 is 17.2 Å². The number of nitrogens with zero attached hydrogens (tertiary/aromatic N) is 8. The van der Waals surface area contributed by atoms with Gasteiger partial charge in [0.25, 0.3) is 0 Å². The molecule has 1 aromatic carbocycles. The molecule has 2 saturated heterocycles. The molecular formula is C31H33N9O. The third kappa shape index (κ3) is 4.83. The number of hydrogen-bond donors (Lipinski definition) is 2. The maximum absolute atomic E-state index is 10.4.